The number of methoxy groups -OCH3 is 1. The Bertz CT molecular complexity index is 1100. The van der Waals surface area contributed by atoms with E-state index >= 15 is 0 Å². The lowest BCUT2D eigenvalue weighted by molar-refractivity contribution is -0.120. The highest BCUT2D eigenvalue weighted by Gasteiger charge is 2.40. The number of anilines is 2. The number of carbonyl (C=O) groups excluding carboxylic acids is 3. The number of amides is 3. The Morgan fingerprint density at radius 3 is 2.41 bits per heavy atom. The van der Waals surface area contributed by atoms with Crippen LogP contribution in [0, 0.1) is 6.92 Å². The van der Waals surface area contributed by atoms with Crippen LogP contribution in [-0.4, -0.2) is 30.9 Å². The zero-order valence-electron chi connectivity index (χ0n) is 17.9. The molecule has 4 rings (SSSR count). The van der Waals surface area contributed by atoms with E-state index in [2.05, 4.69) is 10.6 Å². The van der Waals surface area contributed by atoms with Crippen LogP contribution in [0.15, 0.2) is 53.2 Å². The molecule has 2 aliphatic rings. The first-order valence-electron chi connectivity index (χ1n) is 10.5. The van der Waals surface area contributed by atoms with Gasteiger partial charge in [0.15, 0.2) is 0 Å². The molecule has 3 amide bonds. The minimum absolute atomic E-state index is 0.0246. The van der Waals surface area contributed by atoms with Crippen molar-refractivity contribution in [2.75, 3.05) is 17.3 Å². The molecule has 1 saturated carbocycles. The Labute approximate surface area is 191 Å². The molecule has 1 heterocycles. The van der Waals surface area contributed by atoms with Gasteiger partial charge in [-0.3, -0.25) is 14.4 Å². The lowest BCUT2D eigenvalue weighted by atomic mass is 10.1. The second-order valence-electron chi connectivity index (χ2n) is 7.97. The van der Waals surface area contributed by atoms with Crippen LogP contribution in [0.4, 0.5) is 11.4 Å². The number of halogens is 1. The average molecular weight is 454 g/mol. The van der Waals surface area contributed by atoms with Gasteiger partial charge in [-0.15, -0.1) is 0 Å². The van der Waals surface area contributed by atoms with Crippen LogP contribution in [0.25, 0.3) is 0 Å². The Morgan fingerprint density at radius 1 is 1.06 bits per heavy atom. The molecule has 2 aromatic carbocycles. The average Bonchev–Trinajstić information content (AvgIpc) is 3.37. The quantitative estimate of drug-likeness (QED) is 0.642. The maximum Gasteiger partial charge on any atom is 0.283 e. The minimum atomic E-state index is -0.629. The van der Waals surface area contributed by atoms with Crippen molar-refractivity contribution in [3.63, 3.8) is 0 Å². The van der Waals surface area contributed by atoms with Crippen LogP contribution in [0.2, 0.25) is 0 Å². The fourth-order valence-corrected chi connectivity index (χ4v) is 4.21. The smallest absolute Gasteiger partial charge is 0.283 e. The van der Waals surface area contributed by atoms with Gasteiger partial charge in [0.05, 0.1) is 12.8 Å². The maximum absolute atomic E-state index is 13.1. The molecule has 0 spiro atoms. The summed E-state index contributed by atoms with van der Waals surface area (Å²) in [5.74, 6) is -0.936. The third-order valence-electron chi connectivity index (χ3n) is 5.71. The van der Waals surface area contributed by atoms with Crippen molar-refractivity contribution in [3.8, 4) is 5.75 Å². The molecule has 2 aromatic rings. The third kappa shape index (κ3) is 4.21. The van der Waals surface area contributed by atoms with Crippen LogP contribution in [0.5, 0.6) is 5.75 Å². The molecule has 1 aliphatic carbocycles. The van der Waals surface area contributed by atoms with E-state index in [1.54, 1.807) is 36.4 Å². The second kappa shape index (κ2) is 9.04. The first-order chi connectivity index (χ1) is 15.4. The van der Waals surface area contributed by atoms with Crippen molar-refractivity contribution in [2.24, 2.45) is 0 Å². The van der Waals surface area contributed by atoms with Crippen molar-refractivity contribution in [1.82, 2.24) is 5.32 Å². The summed E-state index contributed by atoms with van der Waals surface area (Å²) in [6.45, 7) is 1.85. The normalized spacial score (nSPS) is 16.7. The number of rotatable bonds is 6. The van der Waals surface area contributed by atoms with Crippen molar-refractivity contribution in [1.29, 1.82) is 0 Å². The second-order valence-corrected chi connectivity index (χ2v) is 8.35. The van der Waals surface area contributed by atoms with Crippen LogP contribution in [0.1, 0.15) is 41.6 Å². The Morgan fingerprint density at radius 2 is 1.75 bits per heavy atom. The molecule has 2 N–H and O–H groups in total. The summed E-state index contributed by atoms with van der Waals surface area (Å²) in [5, 5.41) is 5.76. The fraction of sp³-hybridized carbons (Fsp3) is 0.292. The van der Waals surface area contributed by atoms with Gasteiger partial charge in [0.25, 0.3) is 17.7 Å². The molecule has 0 aromatic heterocycles. The number of hydrogen-bond donors (Lipinski definition) is 2. The number of benzene rings is 2. The van der Waals surface area contributed by atoms with Gasteiger partial charge in [-0.25, -0.2) is 4.90 Å². The highest BCUT2D eigenvalue weighted by Crippen LogP contribution is 2.36. The van der Waals surface area contributed by atoms with E-state index in [9.17, 15) is 14.4 Å². The number of hydrogen-bond acceptors (Lipinski definition) is 5. The number of nitrogens with one attached hydrogen (secondary N) is 2. The van der Waals surface area contributed by atoms with Crippen LogP contribution >= 0.6 is 11.6 Å². The van der Waals surface area contributed by atoms with Crippen molar-refractivity contribution < 1.29 is 19.1 Å². The van der Waals surface area contributed by atoms with E-state index in [0.29, 0.717) is 22.7 Å². The summed E-state index contributed by atoms with van der Waals surface area (Å²) in [7, 11) is 1.47. The number of carbonyl (C=O) groups is 3. The zero-order valence-corrected chi connectivity index (χ0v) is 18.7. The van der Waals surface area contributed by atoms with Gasteiger partial charge in [-0.1, -0.05) is 30.5 Å². The van der Waals surface area contributed by atoms with Crippen molar-refractivity contribution in [2.45, 2.75) is 38.6 Å². The monoisotopic (exact) mass is 453 g/mol. The van der Waals surface area contributed by atoms with Crippen LogP contribution < -0.4 is 20.3 Å². The molecule has 166 valence electrons. The van der Waals surface area contributed by atoms with Gasteiger partial charge < -0.3 is 15.4 Å². The molecular weight excluding hydrogens is 430 g/mol. The third-order valence-corrected chi connectivity index (χ3v) is 6.06. The van der Waals surface area contributed by atoms with Gasteiger partial charge in [-0.2, -0.15) is 0 Å². The summed E-state index contributed by atoms with van der Waals surface area (Å²) in [5.41, 5.74) is 2.24. The van der Waals surface area contributed by atoms with E-state index in [1.807, 2.05) is 13.0 Å². The maximum atomic E-state index is 13.1. The SMILES string of the molecule is COc1ccc(C)cc1N1C(=O)C(Cl)=C(Nc2ccc(C(=O)NC3CCCC3)cc2)C1=O. The van der Waals surface area contributed by atoms with Crippen molar-refractivity contribution >= 4 is 40.7 Å². The predicted octanol–water partition coefficient (Wildman–Crippen LogP) is 4.11. The summed E-state index contributed by atoms with van der Waals surface area (Å²) in [6.07, 6.45) is 4.30. The highest BCUT2D eigenvalue weighted by molar-refractivity contribution is 6.53. The van der Waals surface area contributed by atoms with Gasteiger partial charge in [-0.05, 0) is 61.7 Å². The van der Waals surface area contributed by atoms with E-state index in [-0.39, 0.29) is 22.7 Å². The Kier molecular flexibility index (Phi) is 6.19. The van der Waals surface area contributed by atoms with Gasteiger partial charge in [0.2, 0.25) is 0 Å². The molecule has 1 aliphatic heterocycles. The fourth-order valence-electron chi connectivity index (χ4n) is 3.99. The standard InChI is InChI=1S/C24H24ClN3O4/c1-14-7-12-19(32-2)18(13-14)28-23(30)20(25)21(24(28)31)26-17-10-8-15(9-11-17)22(29)27-16-5-3-4-6-16/h7-13,16,26H,3-6H2,1-2H3,(H,27,29). The van der Waals surface area contributed by atoms with E-state index in [4.69, 9.17) is 16.3 Å². The van der Waals surface area contributed by atoms with Crippen molar-refractivity contribution in [3.05, 3.63) is 64.3 Å². The molecule has 8 heteroatoms. The summed E-state index contributed by atoms with van der Waals surface area (Å²) in [4.78, 5) is 39.2. The molecule has 7 nitrogen and oxygen atoms in total. The summed E-state index contributed by atoms with van der Waals surface area (Å²) < 4.78 is 5.32. The molecule has 0 radical (unpaired) electrons. The molecular formula is C24H24ClN3O4. The predicted molar refractivity (Wildman–Crippen MR) is 123 cm³/mol. The number of aryl methyl sites for hydroxylation is 1. The Hall–Kier alpha value is -3.32. The first-order valence-corrected chi connectivity index (χ1v) is 10.9. The molecule has 32 heavy (non-hydrogen) atoms. The highest BCUT2D eigenvalue weighted by atomic mass is 35.5. The van der Waals surface area contributed by atoms with E-state index in [0.717, 1.165) is 36.1 Å². The first kappa shape index (κ1) is 21.9. The van der Waals surface area contributed by atoms with Gasteiger partial charge >= 0.3 is 0 Å². The molecule has 0 saturated heterocycles. The summed E-state index contributed by atoms with van der Waals surface area (Å²) >= 11 is 6.23. The van der Waals surface area contributed by atoms with Gasteiger partial charge in [0, 0.05) is 17.3 Å². The van der Waals surface area contributed by atoms with Gasteiger partial charge in [0.1, 0.15) is 16.5 Å². The van der Waals surface area contributed by atoms with E-state index < -0.39 is 11.8 Å². The number of nitrogens with zero attached hydrogens (tertiary/aromatic N) is 1. The van der Waals surface area contributed by atoms with Crippen LogP contribution in [0.3, 0.4) is 0 Å². The van der Waals surface area contributed by atoms with E-state index in [1.165, 1.54) is 7.11 Å². The Balaban J connectivity index is 1.51. The molecule has 0 atom stereocenters. The number of ether oxygens (including phenoxy) is 1. The topological polar surface area (TPSA) is 87.7 Å². The summed E-state index contributed by atoms with van der Waals surface area (Å²) in [6, 6.07) is 12.1. The molecule has 0 unspecified atom stereocenters. The minimum Gasteiger partial charge on any atom is -0.495 e. The van der Waals surface area contributed by atoms with Crippen LogP contribution in [-0.2, 0) is 9.59 Å². The molecule has 1 fully saturated rings. The number of imide groups is 1. The lowest BCUT2D eigenvalue weighted by Crippen LogP contribution is -2.32. The lowest BCUT2D eigenvalue weighted by Gasteiger charge is -2.18. The molecule has 0 bridgehead atoms. The zero-order chi connectivity index (χ0) is 22.8. The largest absolute Gasteiger partial charge is 0.495 e.